The molecule has 1 heterocycles. The zero-order valence-electron chi connectivity index (χ0n) is 11.6. The molecule has 0 aliphatic carbocycles. The van der Waals surface area contributed by atoms with E-state index in [2.05, 4.69) is 0 Å². The number of furan rings is 1. The molecule has 0 spiro atoms. The summed E-state index contributed by atoms with van der Waals surface area (Å²) in [6.07, 6.45) is 0.626. The van der Waals surface area contributed by atoms with Gasteiger partial charge in [0, 0.05) is 11.4 Å². The highest BCUT2D eigenvalue weighted by molar-refractivity contribution is 6.27. The van der Waals surface area contributed by atoms with Crippen molar-refractivity contribution < 1.29 is 28.6 Å². The summed E-state index contributed by atoms with van der Waals surface area (Å²) in [5, 5.41) is 15.6. The normalized spacial score (nSPS) is 11.6. The Bertz CT molecular complexity index is 651. The van der Waals surface area contributed by atoms with Gasteiger partial charge in [0.05, 0.1) is 0 Å². The average molecular weight is 297 g/mol. The Labute approximate surface area is 120 Å². The maximum absolute atomic E-state index is 13.3. The van der Waals surface area contributed by atoms with Crippen LogP contribution in [0, 0.1) is 12.7 Å². The number of benzene rings is 1. The summed E-state index contributed by atoms with van der Waals surface area (Å²) in [6, 6.07) is 4.81. The molecule has 4 N–H and O–H groups in total. The highest BCUT2D eigenvalue weighted by atomic mass is 19.1. The number of aliphatic carboxylic acids is 2. The molecule has 1 atom stereocenters. The van der Waals surface area contributed by atoms with Crippen LogP contribution in [0.2, 0.25) is 0 Å². The topological polar surface area (TPSA) is 114 Å². The Morgan fingerprint density at radius 2 is 1.86 bits per heavy atom. The van der Waals surface area contributed by atoms with Gasteiger partial charge in [-0.05, 0) is 44.0 Å². The summed E-state index contributed by atoms with van der Waals surface area (Å²) in [6.45, 7) is 3.75. The second-order valence-electron chi connectivity index (χ2n) is 4.63. The molecule has 6 nitrogen and oxygen atoms in total. The zero-order valence-corrected chi connectivity index (χ0v) is 11.6. The Hall–Kier alpha value is -2.41. The number of fused-ring (bicyclic) bond motifs is 1. The van der Waals surface area contributed by atoms with Gasteiger partial charge in [-0.3, -0.25) is 0 Å². The minimum absolute atomic E-state index is 0.000376. The molecule has 0 saturated heterocycles. The molecule has 0 radical (unpaired) electrons. The van der Waals surface area contributed by atoms with Gasteiger partial charge in [-0.2, -0.15) is 0 Å². The predicted octanol–water partition coefficient (Wildman–Crippen LogP) is 1.93. The van der Waals surface area contributed by atoms with Crippen LogP contribution in [-0.4, -0.2) is 28.2 Å². The molecule has 0 amide bonds. The van der Waals surface area contributed by atoms with Crippen LogP contribution < -0.4 is 5.73 Å². The van der Waals surface area contributed by atoms with E-state index < -0.39 is 11.9 Å². The maximum atomic E-state index is 13.3. The number of hydrogen-bond acceptors (Lipinski definition) is 4. The van der Waals surface area contributed by atoms with Crippen LogP contribution >= 0.6 is 0 Å². The summed E-state index contributed by atoms with van der Waals surface area (Å²) in [4.78, 5) is 18.2. The molecule has 1 unspecified atom stereocenters. The second-order valence-corrected chi connectivity index (χ2v) is 4.63. The van der Waals surface area contributed by atoms with E-state index in [-0.39, 0.29) is 11.9 Å². The van der Waals surface area contributed by atoms with Crippen LogP contribution in [0.4, 0.5) is 4.39 Å². The largest absolute Gasteiger partial charge is 0.473 e. The lowest BCUT2D eigenvalue weighted by Crippen LogP contribution is -2.17. The predicted molar refractivity (Wildman–Crippen MR) is 73.5 cm³/mol. The molecular formula is C14H16FNO5. The lowest BCUT2D eigenvalue weighted by molar-refractivity contribution is -0.159. The van der Waals surface area contributed by atoms with Gasteiger partial charge in [-0.1, -0.05) is 0 Å². The van der Waals surface area contributed by atoms with Crippen LogP contribution in [0.5, 0.6) is 0 Å². The lowest BCUT2D eigenvalue weighted by atomic mass is 10.1. The molecule has 2 rings (SSSR count). The average Bonchev–Trinajstić information content (AvgIpc) is 2.69. The number of rotatable bonds is 2. The number of nitrogens with two attached hydrogens (primary N) is 1. The van der Waals surface area contributed by atoms with Crippen LogP contribution in [-0.2, 0) is 16.0 Å². The van der Waals surface area contributed by atoms with E-state index in [1.807, 2.05) is 19.9 Å². The summed E-state index contributed by atoms with van der Waals surface area (Å²) in [5.41, 5.74) is 7.30. The van der Waals surface area contributed by atoms with E-state index >= 15 is 0 Å². The van der Waals surface area contributed by atoms with E-state index in [0.29, 0.717) is 6.42 Å². The minimum atomic E-state index is -1.82. The van der Waals surface area contributed by atoms with Crippen molar-refractivity contribution in [3.05, 3.63) is 35.3 Å². The molecule has 0 aliphatic rings. The summed E-state index contributed by atoms with van der Waals surface area (Å²) < 4.78 is 18.8. The third kappa shape index (κ3) is 4.88. The zero-order chi connectivity index (χ0) is 16.2. The van der Waals surface area contributed by atoms with Gasteiger partial charge >= 0.3 is 11.9 Å². The molecule has 0 aliphatic heterocycles. The number of carboxylic acid groups (broad SMARTS) is 2. The van der Waals surface area contributed by atoms with E-state index in [4.69, 9.17) is 30.0 Å². The molecule has 2 aromatic rings. The van der Waals surface area contributed by atoms with Crippen LogP contribution in [0.15, 0.2) is 22.6 Å². The van der Waals surface area contributed by atoms with Crippen LogP contribution in [0.3, 0.4) is 0 Å². The summed E-state index contributed by atoms with van der Waals surface area (Å²) in [7, 11) is 0. The van der Waals surface area contributed by atoms with E-state index in [1.165, 1.54) is 12.1 Å². The first kappa shape index (κ1) is 16.6. The Balaban J connectivity index is 0.000000315. The fraction of sp³-hybridized carbons (Fsp3) is 0.286. The molecule has 7 heteroatoms. The molecule has 1 aromatic carbocycles. The van der Waals surface area contributed by atoms with Gasteiger partial charge in [0.2, 0.25) is 0 Å². The molecular weight excluding hydrogens is 281 g/mol. The van der Waals surface area contributed by atoms with Crippen molar-refractivity contribution >= 4 is 22.9 Å². The van der Waals surface area contributed by atoms with E-state index in [1.54, 1.807) is 0 Å². The first-order chi connectivity index (χ1) is 9.70. The number of aryl methyl sites for hydroxylation is 1. The van der Waals surface area contributed by atoms with Gasteiger partial charge in [0.1, 0.15) is 17.2 Å². The molecule has 0 bridgehead atoms. The standard InChI is InChI=1S/C12H14FNO.C2H2O4/c1-7(14)3-9-5-11(13)6-10-4-8(2)15-12(9)10;3-1(4)2(5)6/h4-7H,3,14H2,1-2H3;(H,3,4)(H,5,6). The van der Waals surface area contributed by atoms with Gasteiger partial charge < -0.3 is 20.4 Å². The highest BCUT2D eigenvalue weighted by Crippen LogP contribution is 2.25. The van der Waals surface area contributed by atoms with Crippen molar-refractivity contribution in [1.29, 1.82) is 0 Å². The minimum Gasteiger partial charge on any atom is -0.473 e. The van der Waals surface area contributed by atoms with E-state index in [9.17, 15) is 4.39 Å². The Morgan fingerprint density at radius 1 is 1.29 bits per heavy atom. The van der Waals surface area contributed by atoms with Crippen LogP contribution in [0.1, 0.15) is 18.2 Å². The SMILES string of the molecule is Cc1cc2cc(F)cc(CC(C)N)c2o1.O=C(O)C(=O)O. The van der Waals surface area contributed by atoms with Crippen molar-refractivity contribution in [3.8, 4) is 0 Å². The molecule has 1 aromatic heterocycles. The number of hydrogen-bond donors (Lipinski definition) is 3. The number of carbonyl (C=O) groups is 2. The van der Waals surface area contributed by atoms with Gasteiger partial charge in [-0.15, -0.1) is 0 Å². The molecule has 21 heavy (non-hydrogen) atoms. The van der Waals surface area contributed by atoms with Gasteiger partial charge in [0.25, 0.3) is 0 Å². The Kier molecular flexibility index (Phi) is 5.43. The highest BCUT2D eigenvalue weighted by Gasteiger charge is 2.10. The Morgan fingerprint density at radius 3 is 2.33 bits per heavy atom. The quantitative estimate of drug-likeness (QED) is 0.730. The first-order valence-electron chi connectivity index (χ1n) is 6.11. The van der Waals surface area contributed by atoms with Crippen molar-refractivity contribution in [2.45, 2.75) is 26.3 Å². The third-order valence-corrected chi connectivity index (χ3v) is 2.51. The summed E-state index contributed by atoms with van der Waals surface area (Å²) >= 11 is 0. The lowest BCUT2D eigenvalue weighted by Gasteiger charge is -2.05. The molecule has 114 valence electrons. The smallest absolute Gasteiger partial charge is 0.414 e. The fourth-order valence-electron chi connectivity index (χ4n) is 1.81. The second kappa shape index (κ2) is 6.85. The van der Waals surface area contributed by atoms with Crippen molar-refractivity contribution in [3.63, 3.8) is 0 Å². The monoisotopic (exact) mass is 297 g/mol. The first-order valence-corrected chi connectivity index (χ1v) is 6.11. The third-order valence-electron chi connectivity index (χ3n) is 2.51. The van der Waals surface area contributed by atoms with Crippen molar-refractivity contribution in [2.75, 3.05) is 0 Å². The van der Waals surface area contributed by atoms with E-state index in [0.717, 1.165) is 22.3 Å². The van der Waals surface area contributed by atoms with Crippen LogP contribution in [0.25, 0.3) is 11.0 Å². The number of halogens is 1. The fourth-order valence-corrected chi connectivity index (χ4v) is 1.81. The van der Waals surface area contributed by atoms with Gasteiger partial charge in [-0.25, -0.2) is 14.0 Å². The molecule has 0 fully saturated rings. The van der Waals surface area contributed by atoms with Crippen molar-refractivity contribution in [1.82, 2.24) is 0 Å². The maximum Gasteiger partial charge on any atom is 0.414 e. The molecule has 0 saturated carbocycles. The summed E-state index contributed by atoms with van der Waals surface area (Å²) in [5.74, 6) is -3.09. The number of carboxylic acids is 2. The van der Waals surface area contributed by atoms with Gasteiger partial charge in [0.15, 0.2) is 0 Å². The van der Waals surface area contributed by atoms with Crippen molar-refractivity contribution in [2.24, 2.45) is 5.73 Å².